The summed E-state index contributed by atoms with van der Waals surface area (Å²) in [6.07, 6.45) is 3.97. The molecule has 1 aliphatic heterocycles. The number of thiophene rings is 1. The van der Waals surface area contributed by atoms with Crippen LogP contribution in [0, 0.1) is 0 Å². The van der Waals surface area contributed by atoms with Crippen LogP contribution >= 0.6 is 11.3 Å². The molecule has 2 heterocycles. The van der Waals surface area contributed by atoms with Gasteiger partial charge in [0.1, 0.15) is 0 Å². The maximum atomic E-state index is 12.8. The number of nitrogens with one attached hydrogen (secondary N) is 2. The monoisotopic (exact) mass is 421 g/mol. The molecule has 0 bridgehead atoms. The van der Waals surface area contributed by atoms with E-state index in [0.29, 0.717) is 18.8 Å². The van der Waals surface area contributed by atoms with E-state index < -0.39 is 10.0 Å². The van der Waals surface area contributed by atoms with Crippen molar-refractivity contribution in [1.82, 2.24) is 9.62 Å². The van der Waals surface area contributed by atoms with Crippen molar-refractivity contribution in [2.45, 2.75) is 43.5 Å². The topological polar surface area (TPSA) is 78.5 Å². The van der Waals surface area contributed by atoms with Gasteiger partial charge in [-0.1, -0.05) is 18.9 Å². The molecule has 0 aliphatic carbocycles. The molecule has 1 atom stereocenters. The van der Waals surface area contributed by atoms with Crippen molar-refractivity contribution in [3.63, 3.8) is 0 Å². The third-order valence-electron chi connectivity index (χ3n) is 4.88. The van der Waals surface area contributed by atoms with Crippen molar-refractivity contribution in [3.05, 3.63) is 46.7 Å². The molecule has 1 fully saturated rings. The van der Waals surface area contributed by atoms with E-state index in [2.05, 4.69) is 10.6 Å². The maximum absolute atomic E-state index is 12.8. The van der Waals surface area contributed by atoms with Crippen LogP contribution in [-0.4, -0.2) is 38.3 Å². The van der Waals surface area contributed by atoms with E-state index in [4.69, 9.17) is 0 Å². The third kappa shape index (κ3) is 5.41. The molecule has 0 spiro atoms. The fourth-order valence-corrected chi connectivity index (χ4v) is 5.51. The van der Waals surface area contributed by atoms with E-state index in [1.807, 2.05) is 24.4 Å². The molecule has 1 unspecified atom stereocenters. The van der Waals surface area contributed by atoms with Crippen LogP contribution < -0.4 is 10.6 Å². The average Bonchev–Trinajstić information content (AvgIpc) is 3.08. The second-order valence-electron chi connectivity index (χ2n) is 7.01. The van der Waals surface area contributed by atoms with Crippen molar-refractivity contribution in [2.75, 3.05) is 25.0 Å². The number of hydrogen-bond acceptors (Lipinski definition) is 5. The van der Waals surface area contributed by atoms with Crippen LogP contribution in [0.1, 0.15) is 43.5 Å². The molecule has 28 heavy (non-hydrogen) atoms. The van der Waals surface area contributed by atoms with Gasteiger partial charge in [-0.05, 0) is 55.5 Å². The van der Waals surface area contributed by atoms with Gasteiger partial charge in [0.25, 0.3) is 0 Å². The molecular weight excluding hydrogens is 394 g/mol. The van der Waals surface area contributed by atoms with Gasteiger partial charge in [0, 0.05) is 29.7 Å². The van der Waals surface area contributed by atoms with Crippen LogP contribution in [-0.2, 0) is 14.8 Å². The smallest absolute Gasteiger partial charge is 0.243 e. The van der Waals surface area contributed by atoms with Crippen LogP contribution in [0.15, 0.2) is 46.7 Å². The molecule has 8 heteroatoms. The van der Waals surface area contributed by atoms with Crippen LogP contribution in [0.25, 0.3) is 0 Å². The number of nitrogens with zero attached hydrogens (tertiary/aromatic N) is 1. The zero-order valence-corrected chi connectivity index (χ0v) is 17.7. The molecule has 1 amide bonds. The van der Waals surface area contributed by atoms with E-state index in [9.17, 15) is 13.2 Å². The van der Waals surface area contributed by atoms with Gasteiger partial charge in [0.05, 0.1) is 11.4 Å². The fraction of sp³-hybridized carbons (Fsp3) is 0.450. The van der Waals surface area contributed by atoms with Gasteiger partial charge in [-0.3, -0.25) is 4.79 Å². The summed E-state index contributed by atoms with van der Waals surface area (Å²) in [6.45, 7) is 3.36. The van der Waals surface area contributed by atoms with Crippen molar-refractivity contribution in [1.29, 1.82) is 0 Å². The minimum absolute atomic E-state index is 0.104. The summed E-state index contributed by atoms with van der Waals surface area (Å²) in [6, 6.07) is 10.5. The third-order valence-corrected chi connectivity index (χ3v) is 7.85. The summed E-state index contributed by atoms with van der Waals surface area (Å²) in [7, 11) is -3.47. The first-order chi connectivity index (χ1) is 13.5. The Labute approximate surface area is 171 Å². The van der Waals surface area contributed by atoms with Crippen LogP contribution in [0.3, 0.4) is 0 Å². The summed E-state index contributed by atoms with van der Waals surface area (Å²) in [5.41, 5.74) is 0.588. The van der Waals surface area contributed by atoms with Crippen molar-refractivity contribution < 1.29 is 13.2 Å². The second kappa shape index (κ2) is 9.65. The van der Waals surface area contributed by atoms with Crippen LogP contribution in [0.5, 0.6) is 0 Å². The highest BCUT2D eigenvalue weighted by Crippen LogP contribution is 2.22. The van der Waals surface area contributed by atoms with Gasteiger partial charge >= 0.3 is 0 Å². The zero-order valence-electron chi connectivity index (χ0n) is 16.1. The van der Waals surface area contributed by atoms with Crippen molar-refractivity contribution >= 4 is 33.0 Å². The van der Waals surface area contributed by atoms with Crippen LogP contribution in [0.2, 0.25) is 0 Å². The first-order valence-electron chi connectivity index (χ1n) is 9.63. The molecule has 2 aromatic rings. The summed E-state index contributed by atoms with van der Waals surface area (Å²) in [5.74, 6) is -0.161. The lowest BCUT2D eigenvalue weighted by Gasteiger charge is -2.20. The Kier molecular flexibility index (Phi) is 7.23. The lowest BCUT2D eigenvalue weighted by molar-refractivity contribution is -0.115. The predicted molar refractivity (Wildman–Crippen MR) is 113 cm³/mol. The van der Waals surface area contributed by atoms with Gasteiger partial charge < -0.3 is 10.6 Å². The molecule has 3 rings (SSSR count). The predicted octanol–water partition coefficient (Wildman–Crippen LogP) is 3.60. The standard InChI is InChI=1S/C20H27N3O3S2/c1-16(19-7-6-14-27-19)21-15-20(24)22-17-8-10-18(11-9-17)28(25,26)23-12-4-2-3-5-13-23/h6-11,14,16,21H,2-5,12-13,15H2,1H3,(H,22,24). The number of carbonyl (C=O) groups excluding carboxylic acids is 1. The Morgan fingerprint density at radius 3 is 2.39 bits per heavy atom. The van der Waals surface area contributed by atoms with Gasteiger partial charge in [-0.15, -0.1) is 11.3 Å². The SMILES string of the molecule is CC(NCC(=O)Nc1ccc(S(=O)(=O)N2CCCCCC2)cc1)c1cccs1. The molecular formula is C20H27N3O3S2. The van der Waals surface area contributed by atoms with Gasteiger partial charge in [0.2, 0.25) is 15.9 Å². The number of amides is 1. The number of benzene rings is 1. The Morgan fingerprint density at radius 2 is 1.79 bits per heavy atom. The molecule has 1 aromatic carbocycles. The molecule has 6 nitrogen and oxygen atoms in total. The zero-order chi connectivity index (χ0) is 20.0. The van der Waals surface area contributed by atoms with E-state index in [0.717, 1.165) is 25.7 Å². The fourth-order valence-electron chi connectivity index (χ4n) is 3.23. The van der Waals surface area contributed by atoms with E-state index in [1.165, 1.54) is 4.88 Å². The summed E-state index contributed by atoms with van der Waals surface area (Å²) in [4.78, 5) is 13.6. The maximum Gasteiger partial charge on any atom is 0.243 e. The molecule has 1 saturated heterocycles. The van der Waals surface area contributed by atoms with Gasteiger partial charge in [-0.25, -0.2) is 8.42 Å². The largest absolute Gasteiger partial charge is 0.325 e. The minimum atomic E-state index is -3.47. The summed E-state index contributed by atoms with van der Waals surface area (Å²) < 4.78 is 27.2. The summed E-state index contributed by atoms with van der Waals surface area (Å²) in [5, 5.41) is 8.00. The van der Waals surface area contributed by atoms with Crippen molar-refractivity contribution in [2.24, 2.45) is 0 Å². The lowest BCUT2D eigenvalue weighted by Crippen LogP contribution is -2.32. The number of carbonyl (C=O) groups is 1. The van der Waals surface area contributed by atoms with Crippen molar-refractivity contribution in [3.8, 4) is 0 Å². The van der Waals surface area contributed by atoms with Gasteiger partial charge in [-0.2, -0.15) is 4.31 Å². The molecule has 0 radical (unpaired) electrons. The average molecular weight is 422 g/mol. The number of rotatable bonds is 7. The first-order valence-corrected chi connectivity index (χ1v) is 12.0. The first kappa shape index (κ1) is 21.0. The van der Waals surface area contributed by atoms with Crippen LogP contribution in [0.4, 0.5) is 5.69 Å². The number of anilines is 1. The highest BCUT2D eigenvalue weighted by atomic mass is 32.2. The number of hydrogen-bond donors (Lipinski definition) is 2. The second-order valence-corrected chi connectivity index (χ2v) is 9.93. The molecule has 1 aliphatic rings. The molecule has 2 N–H and O–H groups in total. The normalized spacial score (nSPS) is 17.0. The Hall–Kier alpha value is -1.74. The highest BCUT2D eigenvalue weighted by Gasteiger charge is 2.25. The quantitative estimate of drug-likeness (QED) is 0.716. The molecule has 1 aromatic heterocycles. The lowest BCUT2D eigenvalue weighted by atomic mass is 10.2. The molecule has 0 saturated carbocycles. The highest BCUT2D eigenvalue weighted by molar-refractivity contribution is 7.89. The van der Waals surface area contributed by atoms with E-state index in [1.54, 1.807) is 39.9 Å². The molecule has 152 valence electrons. The van der Waals surface area contributed by atoms with Gasteiger partial charge in [0.15, 0.2) is 0 Å². The Morgan fingerprint density at radius 1 is 1.11 bits per heavy atom. The Bertz CT molecular complexity index is 857. The van der Waals surface area contributed by atoms with E-state index in [-0.39, 0.29) is 23.4 Å². The minimum Gasteiger partial charge on any atom is -0.325 e. The number of sulfonamides is 1. The Balaban J connectivity index is 1.55. The van der Waals surface area contributed by atoms with E-state index >= 15 is 0 Å². The summed E-state index contributed by atoms with van der Waals surface area (Å²) >= 11 is 1.65.